The number of aryl methyl sites for hydroxylation is 1. The topological polar surface area (TPSA) is 49.4 Å². The number of fused-ring (bicyclic) bond motifs is 1. The Kier molecular flexibility index (Phi) is 6.33. The zero-order valence-electron chi connectivity index (χ0n) is 16.2. The van der Waals surface area contributed by atoms with Crippen LogP contribution in [-0.2, 0) is 16.0 Å². The molecule has 0 bridgehead atoms. The third-order valence-corrected chi connectivity index (χ3v) is 5.69. The predicted molar refractivity (Wildman–Crippen MR) is 106 cm³/mol. The highest BCUT2D eigenvalue weighted by molar-refractivity contribution is 5.97. The highest BCUT2D eigenvalue weighted by Gasteiger charge is 2.24. The number of amides is 2. The lowest BCUT2D eigenvalue weighted by Gasteiger charge is -2.30. The number of hydrogen-bond acceptors (Lipinski definition) is 2. The monoisotopic (exact) mass is 356 g/mol. The van der Waals surface area contributed by atoms with Gasteiger partial charge in [0.1, 0.15) is 0 Å². The largest absolute Gasteiger partial charge is 0.326 e. The molecule has 1 fully saturated rings. The van der Waals surface area contributed by atoms with Crippen molar-refractivity contribution in [1.82, 2.24) is 0 Å². The fraction of sp³-hybridized carbons (Fsp3) is 0.636. The minimum Gasteiger partial charge on any atom is -0.326 e. The first-order valence-electron chi connectivity index (χ1n) is 10.3. The van der Waals surface area contributed by atoms with Gasteiger partial charge in [0.05, 0.1) is 0 Å². The lowest BCUT2D eigenvalue weighted by molar-refractivity contribution is -0.119. The predicted octanol–water partition coefficient (Wildman–Crippen LogP) is 4.92. The van der Waals surface area contributed by atoms with Crippen LogP contribution >= 0.6 is 0 Å². The summed E-state index contributed by atoms with van der Waals surface area (Å²) in [6, 6.07) is 6.00. The maximum Gasteiger partial charge on any atom is 0.227 e. The zero-order chi connectivity index (χ0) is 18.5. The maximum absolute atomic E-state index is 12.4. The van der Waals surface area contributed by atoms with E-state index in [-0.39, 0.29) is 11.8 Å². The van der Waals surface area contributed by atoms with Gasteiger partial charge in [-0.15, -0.1) is 0 Å². The van der Waals surface area contributed by atoms with Crippen LogP contribution in [0.3, 0.4) is 0 Å². The summed E-state index contributed by atoms with van der Waals surface area (Å²) in [5.41, 5.74) is 3.05. The number of hydrogen-bond donors (Lipinski definition) is 1. The van der Waals surface area contributed by atoms with Crippen molar-refractivity contribution < 1.29 is 9.59 Å². The second kappa shape index (κ2) is 8.70. The molecule has 0 saturated heterocycles. The normalized spacial score (nSPS) is 18.1. The van der Waals surface area contributed by atoms with Crippen molar-refractivity contribution in [2.75, 3.05) is 16.8 Å². The molecule has 0 spiro atoms. The Bertz CT molecular complexity index is 648. The third-order valence-electron chi connectivity index (χ3n) is 5.69. The molecule has 2 amide bonds. The average Bonchev–Trinajstić information content (AvgIpc) is 2.61. The van der Waals surface area contributed by atoms with E-state index in [4.69, 9.17) is 0 Å². The number of anilines is 2. The van der Waals surface area contributed by atoms with Crippen LogP contribution in [0.2, 0.25) is 0 Å². The molecule has 0 unspecified atom stereocenters. The summed E-state index contributed by atoms with van der Waals surface area (Å²) in [6.45, 7) is 5.14. The number of rotatable bonds is 6. The van der Waals surface area contributed by atoms with Gasteiger partial charge in [0.15, 0.2) is 0 Å². The van der Waals surface area contributed by atoms with Gasteiger partial charge in [0.2, 0.25) is 11.8 Å². The molecule has 4 nitrogen and oxygen atoms in total. The highest BCUT2D eigenvalue weighted by Crippen LogP contribution is 2.31. The standard InChI is InChI=1S/C22H32N2O2/c1-16(2)12-13-24-20-10-9-19(15-18(20)8-11-22(24)26)23-21(25)14-17-6-4-3-5-7-17/h9-10,15-17H,3-8,11-14H2,1-2H3,(H,23,25). The average molecular weight is 357 g/mol. The van der Waals surface area contributed by atoms with E-state index in [1.165, 1.54) is 37.7 Å². The van der Waals surface area contributed by atoms with E-state index in [2.05, 4.69) is 25.2 Å². The summed E-state index contributed by atoms with van der Waals surface area (Å²) in [5.74, 6) is 1.46. The van der Waals surface area contributed by atoms with Crippen LogP contribution in [0, 0.1) is 11.8 Å². The summed E-state index contributed by atoms with van der Waals surface area (Å²) < 4.78 is 0. The quantitative estimate of drug-likeness (QED) is 0.786. The lowest BCUT2D eigenvalue weighted by atomic mass is 9.87. The summed E-state index contributed by atoms with van der Waals surface area (Å²) in [7, 11) is 0. The lowest BCUT2D eigenvalue weighted by Crippen LogP contribution is -2.36. The van der Waals surface area contributed by atoms with E-state index >= 15 is 0 Å². The SMILES string of the molecule is CC(C)CCN1C(=O)CCc2cc(NC(=O)CC3CCCCC3)ccc21. The Balaban J connectivity index is 1.64. The first-order valence-corrected chi connectivity index (χ1v) is 10.3. The van der Waals surface area contributed by atoms with Gasteiger partial charge in [0, 0.05) is 30.8 Å². The molecule has 1 aromatic carbocycles. The van der Waals surface area contributed by atoms with Crippen molar-refractivity contribution in [1.29, 1.82) is 0 Å². The van der Waals surface area contributed by atoms with Crippen molar-refractivity contribution >= 4 is 23.2 Å². The second-order valence-electron chi connectivity index (χ2n) is 8.33. The molecule has 0 atom stereocenters. The number of benzene rings is 1. The van der Waals surface area contributed by atoms with Crippen LogP contribution in [0.4, 0.5) is 11.4 Å². The van der Waals surface area contributed by atoms with Gasteiger partial charge >= 0.3 is 0 Å². The van der Waals surface area contributed by atoms with Crippen LogP contribution in [0.15, 0.2) is 18.2 Å². The first-order chi connectivity index (χ1) is 12.5. The van der Waals surface area contributed by atoms with Gasteiger partial charge in [-0.2, -0.15) is 0 Å². The molecule has 0 aromatic heterocycles. The Morgan fingerprint density at radius 2 is 1.96 bits per heavy atom. The van der Waals surface area contributed by atoms with Crippen molar-refractivity contribution in [3.63, 3.8) is 0 Å². The molecule has 1 heterocycles. The molecule has 142 valence electrons. The minimum absolute atomic E-state index is 0.125. The van der Waals surface area contributed by atoms with E-state index < -0.39 is 0 Å². The summed E-state index contributed by atoms with van der Waals surface area (Å²) in [6.07, 6.45) is 9.17. The van der Waals surface area contributed by atoms with Crippen molar-refractivity contribution in [2.24, 2.45) is 11.8 Å². The van der Waals surface area contributed by atoms with Gasteiger partial charge in [-0.25, -0.2) is 0 Å². The molecule has 3 rings (SSSR count). The van der Waals surface area contributed by atoms with E-state index in [9.17, 15) is 9.59 Å². The fourth-order valence-electron chi connectivity index (χ4n) is 4.14. The minimum atomic E-state index is 0.125. The molecule has 1 aromatic rings. The molecule has 1 aliphatic heterocycles. The molecule has 26 heavy (non-hydrogen) atoms. The Labute approximate surface area is 157 Å². The van der Waals surface area contributed by atoms with Gasteiger partial charge in [-0.3, -0.25) is 9.59 Å². The molecule has 4 heteroatoms. The maximum atomic E-state index is 12.4. The third kappa shape index (κ3) is 4.87. The molecular formula is C22H32N2O2. The van der Waals surface area contributed by atoms with Crippen molar-refractivity contribution in [2.45, 2.75) is 71.6 Å². The first kappa shape index (κ1) is 18.9. The smallest absolute Gasteiger partial charge is 0.227 e. The van der Waals surface area contributed by atoms with Crippen LogP contribution in [0.1, 0.15) is 70.8 Å². The van der Waals surface area contributed by atoms with Crippen molar-refractivity contribution in [3.05, 3.63) is 23.8 Å². The molecule has 2 aliphatic rings. The van der Waals surface area contributed by atoms with Gasteiger partial charge < -0.3 is 10.2 Å². The van der Waals surface area contributed by atoms with Gasteiger partial charge in [-0.05, 0) is 61.3 Å². The summed E-state index contributed by atoms with van der Waals surface area (Å²) in [5, 5.41) is 3.07. The van der Waals surface area contributed by atoms with E-state index in [0.717, 1.165) is 30.8 Å². The second-order valence-corrected chi connectivity index (χ2v) is 8.33. The van der Waals surface area contributed by atoms with E-state index in [0.29, 0.717) is 24.7 Å². The van der Waals surface area contributed by atoms with Gasteiger partial charge in [-0.1, -0.05) is 33.1 Å². The number of carbonyl (C=O) groups excluding carboxylic acids is 2. The summed E-state index contributed by atoms with van der Waals surface area (Å²) in [4.78, 5) is 26.6. The molecule has 0 radical (unpaired) electrons. The Morgan fingerprint density at radius 3 is 2.69 bits per heavy atom. The van der Waals surface area contributed by atoms with Crippen LogP contribution in [-0.4, -0.2) is 18.4 Å². The highest BCUT2D eigenvalue weighted by atomic mass is 16.2. The van der Waals surface area contributed by atoms with Gasteiger partial charge in [0.25, 0.3) is 0 Å². The van der Waals surface area contributed by atoms with E-state index in [1.54, 1.807) is 0 Å². The fourth-order valence-corrected chi connectivity index (χ4v) is 4.14. The number of nitrogens with zero attached hydrogens (tertiary/aromatic N) is 1. The van der Waals surface area contributed by atoms with Crippen LogP contribution in [0.5, 0.6) is 0 Å². The molecule has 1 aliphatic carbocycles. The molecule has 1 saturated carbocycles. The Morgan fingerprint density at radius 1 is 1.19 bits per heavy atom. The van der Waals surface area contributed by atoms with Crippen molar-refractivity contribution in [3.8, 4) is 0 Å². The number of carbonyl (C=O) groups is 2. The molecular weight excluding hydrogens is 324 g/mol. The van der Waals surface area contributed by atoms with Crippen LogP contribution < -0.4 is 10.2 Å². The zero-order valence-corrected chi connectivity index (χ0v) is 16.2. The number of nitrogens with one attached hydrogen (secondary N) is 1. The molecule has 1 N–H and O–H groups in total. The van der Waals surface area contributed by atoms with Crippen LogP contribution in [0.25, 0.3) is 0 Å². The summed E-state index contributed by atoms with van der Waals surface area (Å²) >= 11 is 0. The van der Waals surface area contributed by atoms with E-state index in [1.807, 2.05) is 17.0 Å². The Hall–Kier alpha value is -1.84.